The molecule has 1 heterocycles. The second-order valence-corrected chi connectivity index (χ2v) is 3.73. The molecule has 0 saturated carbocycles. The Kier molecular flexibility index (Phi) is 6.50. The summed E-state index contributed by atoms with van der Waals surface area (Å²) in [7, 11) is 1.65. The Morgan fingerprint density at radius 3 is 2.94 bits per heavy atom. The minimum absolute atomic E-state index is 0.132. The van der Waals surface area contributed by atoms with Gasteiger partial charge < -0.3 is 9.47 Å². The van der Waals surface area contributed by atoms with E-state index in [0.717, 1.165) is 13.0 Å². The monoisotopic (exact) mass is 240 g/mol. The molecule has 0 N–H and O–H groups in total. The molecule has 17 heavy (non-hydrogen) atoms. The molecular formula is C12H20N2O3. The van der Waals surface area contributed by atoms with Crippen molar-refractivity contribution < 1.29 is 14.3 Å². The van der Waals surface area contributed by atoms with Crippen molar-refractivity contribution in [2.45, 2.75) is 26.3 Å². The molecule has 96 valence electrons. The molecule has 0 saturated heterocycles. The maximum Gasteiger partial charge on any atom is 0.165 e. The standard InChI is InChI=1S/C12H20N2O3/c1-3-12(15)11-9-13-14(10-11)5-4-6-17-8-7-16-2/h9-10H,3-8H2,1-2H3. The van der Waals surface area contributed by atoms with Crippen LogP contribution in [0.1, 0.15) is 30.1 Å². The molecule has 0 radical (unpaired) electrons. The molecule has 0 fully saturated rings. The molecule has 0 atom stereocenters. The Balaban J connectivity index is 2.19. The number of rotatable bonds is 9. The van der Waals surface area contributed by atoms with E-state index in [4.69, 9.17) is 9.47 Å². The predicted molar refractivity (Wildman–Crippen MR) is 64.2 cm³/mol. The third-order valence-electron chi connectivity index (χ3n) is 2.38. The van der Waals surface area contributed by atoms with Gasteiger partial charge in [-0.15, -0.1) is 0 Å². The number of hydrogen-bond acceptors (Lipinski definition) is 4. The summed E-state index contributed by atoms with van der Waals surface area (Å²) in [4.78, 5) is 11.4. The Morgan fingerprint density at radius 2 is 2.24 bits per heavy atom. The van der Waals surface area contributed by atoms with Gasteiger partial charge in [-0.05, 0) is 6.42 Å². The van der Waals surface area contributed by atoms with Crippen molar-refractivity contribution in [2.24, 2.45) is 0 Å². The van der Waals surface area contributed by atoms with Crippen LogP contribution in [0.4, 0.5) is 0 Å². The van der Waals surface area contributed by atoms with Crippen LogP contribution in [0.25, 0.3) is 0 Å². The smallest absolute Gasteiger partial charge is 0.165 e. The van der Waals surface area contributed by atoms with Crippen molar-refractivity contribution in [3.05, 3.63) is 18.0 Å². The zero-order chi connectivity index (χ0) is 12.5. The number of aryl methyl sites for hydroxylation is 1. The molecule has 0 bridgehead atoms. The highest BCUT2D eigenvalue weighted by atomic mass is 16.5. The highest BCUT2D eigenvalue weighted by Gasteiger charge is 2.05. The maximum atomic E-state index is 11.4. The molecule has 0 spiro atoms. The fourth-order valence-corrected chi connectivity index (χ4v) is 1.41. The average molecular weight is 240 g/mol. The Hall–Kier alpha value is -1.20. The minimum Gasteiger partial charge on any atom is -0.382 e. The second kappa shape index (κ2) is 7.97. The van der Waals surface area contributed by atoms with Crippen LogP contribution in [0.2, 0.25) is 0 Å². The summed E-state index contributed by atoms with van der Waals surface area (Å²) in [6.07, 6.45) is 4.82. The van der Waals surface area contributed by atoms with E-state index in [0.29, 0.717) is 31.8 Å². The SMILES string of the molecule is CCC(=O)c1cnn(CCCOCCOC)c1. The number of carbonyl (C=O) groups excluding carboxylic acids is 1. The van der Waals surface area contributed by atoms with Crippen LogP contribution >= 0.6 is 0 Å². The van der Waals surface area contributed by atoms with E-state index in [1.54, 1.807) is 24.2 Å². The zero-order valence-electron chi connectivity index (χ0n) is 10.5. The van der Waals surface area contributed by atoms with Gasteiger partial charge in [-0.25, -0.2) is 0 Å². The summed E-state index contributed by atoms with van der Waals surface area (Å²) in [6.45, 7) is 4.54. The molecule has 0 aliphatic rings. The minimum atomic E-state index is 0.132. The van der Waals surface area contributed by atoms with Crippen LogP contribution in [0.3, 0.4) is 0 Å². The number of carbonyl (C=O) groups is 1. The number of methoxy groups -OCH3 is 1. The van der Waals surface area contributed by atoms with Crippen molar-refractivity contribution in [1.29, 1.82) is 0 Å². The first kappa shape index (κ1) is 13.9. The number of ether oxygens (including phenoxy) is 2. The molecule has 1 rings (SSSR count). The van der Waals surface area contributed by atoms with E-state index in [-0.39, 0.29) is 5.78 Å². The molecule has 1 aromatic rings. The molecule has 0 aliphatic carbocycles. The number of Topliss-reactive ketones (excluding diaryl/α,β-unsaturated/α-hetero) is 1. The predicted octanol–water partition coefficient (Wildman–Crippen LogP) is 1.53. The molecule has 0 unspecified atom stereocenters. The zero-order valence-corrected chi connectivity index (χ0v) is 10.5. The van der Waals surface area contributed by atoms with E-state index >= 15 is 0 Å². The van der Waals surface area contributed by atoms with Gasteiger partial charge in [-0.2, -0.15) is 5.10 Å². The number of nitrogens with zero attached hydrogens (tertiary/aromatic N) is 2. The van der Waals surface area contributed by atoms with E-state index in [9.17, 15) is 4.79 Å². The van der Waals surface area contributed by atoms with Crippen LogP contribution in [0, 0.1) is 0 Å². The topological polar surface area (TPSA) is 53.4 Å². The molecule has 5 nitrogen and oxygen atoms in total. The van der Waals surface area contributed by atoms with Crippen LogP contribution in [-0.2, 0) is 16.0 Å². The Labute approximate surface area is 102 Å². The van der Waals surface area contributed by atoms with Gasteiger partial charge in [-0.3, -0.25) is 9.48 Å². The lowest BCUT2D eigenvalue weighted by atomic mass is 10.2. The largest absolute Gasteiger partial charge is 0.382 e. The van der Waals surface area contributed by atoms with Gasteiger partial charge in [-0.1, -0.05) is 6.92 Å². The van der Waals surface area contributed by atoms with Crippen LogP contribution in [0.5, 0.6) is 0 Å². The average Bonchev–Trinajstić information content (AvgIpc) is 2.81. The van der Waals surface area contributed by atoms with Crippen molar-refractivity contribution in [2.75, 3.05) is 26.9 Å². The lowest BCUT2D eigenvalue weighted by Gasteiger charge is -2.03. The summed E-state index contributed by atoms with van der Waals surface area (Å²) in [5.41, 5.74) is 0.688. The second-order valence-electron chi connectivity index (χ2n) is 3.73. The van der Waals surface area contributed by atoms with Gasteiger partial charge in [0.15, 0.2) is 5.78 Å². The molecule has 5 heteroatoms. The molecule has 0 aliphatic heterocycles. The van der Waals surface area contributed by atoms with Crippen molar-refractivity contribution in [3.8, 4) is 0 Å². The van der Waals surface area contributed by atoms with E-state index < -0.39 is 0 Å². The van der Waals surface area contributed by atoms with Gasteiger partial charge in [0.25, 0.3) is 0 Å². The van der Waals surface area contributed by atoms with Gasteiger partial charge in [0.2, 0.25) is 0 Å². The molecule has 0 amide bonds. The first-order valence-corrected chi connectivity index (χ1v) is 5.90. The summed E-state index contributed by atoms with van der Waals surface area (Å²) < 4.78 is 12.0. The molecular weight excluding hydrogens is 220 g/mol. The molecule has 0 aromatic carbocycles. The normalized spacial score (nSPS) is 10.7. The lowest BCUT2D eigenvalue weighted by Crippen LogP contribution is -2.06. The van der Waals surface area contributed by atoms with Crippen molar-refractivity contribution in [1.82, 2.24) is 9.78 Å². The van der Waals surface area contributed by atoms with E-state index in [1.165, 1.54) is 0 Å². The Morgan fingerprint density at radius 1 is 1.41 bits per heavy atom. The first-order chi connectivity index (χ1) is 8.27. The third kappa shape index (κ3) is 5.10. The van der Waals surface area contributed by atoms with Gasteiger partial charge >= 0.3 is 0 Å². The highest BCUT2D eigenvalue weighted by Crippen LogP contribution is 2.02. The van der Waals surface area contributed by atoms with Gasteiger partial charge in [0.05, 0.1) is 25.0 Å². The lowest BCUT2D eigenvalue weighted by molar-refractivity contribution is 0.0677. The quantitative estimate of drug-likeness (QED) is 0.485. The van der Waals surface area contributed by atoms with Crippen LogP contribution in [0.15, 0.2) is 12.4 Å². The van der Waals surface area contributed by atoms with Crippen molar-refractivity contribution >= 4 is 5.78 Å². The molecule has 1 aromatic heterocycles. The van der Waals surface area contributed by atoms with Crippen molar-refractivity contribution in [3.63, 3.8) is 0 Å². The number of aromatic nitrogens is 2. The summed E-state index contributed by atoms with van der Waals surface area (Å²) in [5.74, 6) is 0.132. The van der Waals surface area contributed by atoms with Gasteiger partial charge in [0.1, 0.15) is 0 Å². The van der Waals surface area contributed by atoms with Crippen LogP contribution in [-0.4, -0.2) is 42.5 Å². The summed E-state index contributed by atoms with van der Waals surface area (Å²) in [5, 5.41) is 4.13. The third-order valence-corrected chi connectivity index (χ3v) is 2.38. The Bertz CT molecular complexity index is 336. The maximum absolute atomic E-state index is 11.4. The number of hydrogen-bond donors (Lipinski definition) is 0. The first-order valence-electron chi connectivity index (χ1n) is 5.90. The van der Waals surface area contributed by atoms with Gasteiger partial charge in [0, 0.05) is 32.9 Å². The number of ketones is 1. The summed E-state index contributed by atoms with van der Waals surface area (Å²) in [6, 6.07) is 0. The fraction of sp³-hybridized carbons (Fsp3) is 0.667. The summed E-state index contributed by atoms with van der Waals surface area (Å²) >= 11 is 0. The van der Waals surface area contributed by atoms with Crippen LogP contribution < -0.4 is 0 Å². The van der Waals surface area contributed by atoms with E-state index in [2.05, 4.69) is 5.10 Å². The van der Waals surface area contributed by atoms with E-state index in [1.807, 2.05) is 6.92 Å². The fourth-order valence-electron chi connectivity index (χ4n) is 1.41. The highest BCUT2D eigenvalue weighted by molar-refractivity contribution is 5.95.